The van der Waals surface area contributed by atoms with E-state index in [0.29, 0.717) is 24.5 Å². The fraction of sp³-hybridized carbons (Fsp3) is 0.324. The van der Waals surface area contributed by atoms with E-state index < -0.39 is 21.2 Å². The quantitative estimate of drug-likeness (QED) is 0.0954. The molecule has 0 N–H and O–H groups in total. The van der Waals surface area contributed by atoms with Gasteiger partial charge in [-0.1, -0.05) is 47.1 Å². The molecule has 2 aliphatic heterocycles. The van der Waals surface area contributed by atoms with Crippen LogP contribution in [0.3, 0.4) is 0 Å². The van der Waals surface area contributed by atoms with Crippen molar-refractivity contribution in [2.24, 2.45) is 34.6 Å². The number of alkyl halides is 3. The molecule has 2 aromatic heterocycles. The molecule has 0 spiro atoms. The number of hydrogen-bond donors (Lipinski definition) is 0. The SMILES string of the molecule is [C-]#[N+]c1nc(N=Nc2ccc(N3CCCC3)cc2[N-]S(=O)(=O)C(F)(F)F)n(C)c1[N+]#[C-].[CH2-]c1cc(N2CCCC2)ccc1N=Nc1nc(C#N)c(C#N)n1C.[Ni+2]. The Labute approximate surface area is 330 Å². The van der Waals surface area contributed by atoms with Crippen molar-refractivity contribution in [3.63, 3.8) is 0 Å². The summed E-state index contributed by atoms with van der Waals surface area (Å²) in [7, 11) is -2.77. The summed E-state index contributed by atoms with van der Waals surface area (Å²) in [6.07, 6.45) is 4.24. The van der Waals surface area contributed by atoms with Gasteiger partial charge in [-0.25, -0.2) is 18.1 Å². The zero-order valence-electron chi connectivity index (χ0n) is 29.7. The second kappa shape index (κ2) is 17.8. The van der Waals surface area contributed by atoms with Crippen molar-refractivity contribution in [2.45, 2.75) is 31.2 Å². The fourth-order valence-corrected chi connectivity index (χ4v) is 6.11. The molecule has 0 amide bonds. The van der Waals surface area contributed by atoms with Crippen LogP contribution >= 0.6 is 0 Å². The Bertz CT molecular complexity index is 2440. The van der Waals surface area contributed by atoms with Gasteiger partial charge in [-0.3, -0.25) is 0 Å². The van der Waals surface area contributed by atoms with E-state index >= 15 is 0 Å². The van der Waals surface area contributed by atoms with E-state index in [4.69, 9.17) is 23.7 Å². The molecule has 4 heterocycles. The fourth-order valence-electron chi connectivity index (χ4n) is 5.60. The molecule has 0 bridgehead atoms. The van der Waals surface area contributed by atoms with Gasteiger partial charge in [-0.15, -0.1) is 16.3 Å². The van der Waals surface area contributed by atoms with Crippen molar-refractivity contribution >= 4 is 62.0 Å². The van der Waals surface area contributed by atoms with E-state index in [1.165, 1.54) is 41.2 Å². The number of imidazole rings is 2. The minimum atomic E-state index is -5.81. The summed E-state index contributed by atoms with van der Waals surface area (Å²) in [6.45, 7) is 21.7. The molecule has 2 aliphatic rings. The Kier molecular flexibility index (Phi) is 13.4. The average Bonchev–Trinajstić information content (AvgIpc) is 3.98. The zero-order valence-corrected chi connectivity index (χ0v) is 31.5. The van der Waals surface area contributed by atoms with Gasteiger partial charge in [-0.05, 0) is 49.2 Å². The number of nitrogens with zero attached hydrogens (tertiary/aromatic N) is 15. The predicted octanol–water partition coefficient (Wildman–Crippen LogP) is 8.75. The number of azo groups is 2. The van der Waals surface area contributed by atoms with Crippen molar-refractivity contribution in [3.8, 4) is 12.1 Å². The number of hydrogen-bond acceptors (Lipinski definition) is 12. The first-order valence-corrected chi connectivity index (χ1v) is 17.8. The van der Waals surface area contributed by atoms with Gasteiger partial charge in [-0.2, -0.15) is 41.2 Å². The van der Waals surface area contributed by atoms with Gasteiger partial charge in [0.15, 0.2) is 21.4 Å². The maximum atomic E-state index is 12.9. The van der Waals surface area contributed by atoms with Crippen molar-refractivity contribution in [2.75, 3.05) is 36.0 Å². The molecule has 290 valence electrons. The number of nitriles is 2. The Morgan fingerprint density at radius 3 is 1.82 bits per heavy atom. The third-order valence-electron chi connectivity index (χ3n) is 8.49. The maximum Gasteiger partial charge on any atom is 2.00 e. The van der Waals surface area contributed by atoms with Gasteiger partial charge in [0.2, 0.25) is 5.95 Å². The van der Waals surface area contributed by atoms with Gasteiger partial charge in [0.25, 0.3) is 11.6 Å². The largest absolute Gasteiger partial charge is 2.00 e. The topological polar surface area (TPSA) is 196 Å². The van der Waals surface area contributed by atoms with Crippen molar-refractivity contribution in [3.05, 3.63) is 87.8 Å². The normalized spacial score (nSPS) is 14.1. The minimum absolute atomic E-state index is 0. The molecule has 0 aliphatic carbocycles. The molecule has 0 unspecified atom stereocenters. The minimum Gasteiger partial charge on any atom is -0.568 e. The summed E-state index contributed by atoms with van der Waals surface area (Å²) in [5, 5.41) is 33.8. The monoisotopic (exact) mass is 827 g/mol. The van der Waals surface area contributed by atoms with Crippen molar-refractivity contribution in [1.29, 1.82) is 10.5 Å². The van der Waals surface area contributed by atoms with Crippen LogP contribution in [0.25, 0.3) is 14.4 Å². The van der Waals surface area contributed by atoms with Crippen LogP contribution in [0.1, 0.15) is 42.6 Å². The van der Waals surface area contributed by atoms with Crippen LogP contribution in [0.2, 0.25) is 0 Å². The first-order chi connectivity index (χ1) is 26.2. The van der Waals surface area contributed by atoms with Crippen LogP contribution in [0.15, 0.2) is 56.9 Å². The van der Waals surface area contributed by atoms with Crippen molar-refractivity contribution < 1.29 is 38.1 Å². The van der Waals surface area contributed by atoms with Gasteiger partial charge in [0.1, 0.15) is 12.1 Å². The third kappa shape index (κ3) is 9.24. The van der Waals surface area contributed by atoms with Crippen LogP contribution in [-0.4, -0.2) is 59.2 Å². The van der Waals surface area contributed by atoms with E-state index in [1.807, 2.05) is 35.2 Å². The van der Waals surface area contributed by atoms with E-state index in [2.05, 4.69) is 56.7 Å². The summed E-state index contributed by atoms with van der Waals surface area (Å²) >= 11 is 0. The summed E-state index contributed by atoms with van der Waals surface area (Å²) < 4.78 is 67.4. The van der Waals surface area contributed by atoms with Gasteiger partial charge >= 0.3 is 27.9 Å². The van der Waals surface area contributed by atoms with Crippen LogP contribution in [-0.2, 0) is 40.6 Å². The molecular weight excluding hydrogens is 798 g/mol. The molecule has 2 fully saturated rings. The molecule has 0 radical (unpaired) electrons. The smallest absolute Gasteiger partial charge is 0.568 e. The maximum absolute atomic E-state index is 12.9. The second-order valence-electron chi connectivity index (χ2n) is 12.0. The van der Waals surface area contributed by atoms with Gasteiger partial charge in [0, 0.05) is 38.9 Å². The number of sulfonamides is 1. The Morgan fingerprint density at radius 2 is 1.36 bits per heavy atom. The molecule has 56 heavy (non-hydrogen) atoms. The van der Waals surface area contributed by atoms with Crippen LogP contribution in [0, 0.1) is 42.7 Å². The average molecular weight is 828 g/mol. The number of aromatic nitrogens is 4. The van der Waals surface area contributed by atoms with E-state index in [1.54, 1.807) is 13.1 Å². The Hall–Kier alpha value is -6.48. The van der Waals surface area contributed by atoms with E-state index in [-0.39, 0.29) is 57.1 Å². The molecule has 0 atom stereocenters. The molecule has 22 heteroatoms. The van der Waals surface area contributed by atoms with Gasteiger partial charge in [0.05, 0.1) is 12.7 Å². The zero-order chi connectivity index (χ0) is 39.9. The van der Waals surface area contributed by atoms with Crippen LogP contribution < -0.4 is 9.80 Å². The summed E-state index contributed by atoms with van der Waals surface area (Å²) in [6, 6.07) is 13.8. The van der Waals surface area contributed by atoms with Crippen LogP contribution in [0.5, 0.6) is 0 Å². The molecule has 6 rings (SSSR count). The van der Waals surface area contributed by atoms with Crippen molar-refractivity contribution in [1.82, 2.24) is 19.1 Å². The van der Waals surface area contributed by atoms with E-state index in [0.717, 1.165) is 37.2 Å². The molecule has 2 saturated heterocycles. The number of halogens is 3. The summed E-state index contributed by atoms with van der Waals surface area (Å²) in [5.41, 5.74) is -3.06. The number of rotatable bonds is 8. The Balaban J connectivity index is 0.000000252. The molecule has 2 aromatic carbocycles. The van der Waals surface area contributed by atoms with Crippen LogP contribution in [0.4, 0.5) is 65.1 Å². The van der Waals surface area contributed by atoms with E-state index in [9.17, 15) is 21.6 Å². The number of benzene rings is 2. The molecule has 4 aromatic rings. The summed E-state index contributed by atoms with van der Waals surface area (Å²) in [5.74, 6) is -0.227. The molecule has 0 saturated carbocycles. The molecular formula is C34H30F3N15NiO2S. The third-order valence-corrected chi connectivity index (χ3v) is 9.51. The second-order valence-corrected chi connectivity index (χ2v) is 13.6. The standard InChI is InChI=1S/C17H14F3N8O2S.C17H16N7.Ni/c1-21-14-15(22-2)27(3)16(23-14)25-24-12-7-6-11(28-8-4-5-9-28)10-13(12)26-31(29,30)17(18,19)20;1-12-9-13(24-7-3-4-8-24)5-6-14(12)21-22-17-20-15(10-18)16(11-19)23(17)2;/h6-7,10H,4-5,8-9H2,3H3;5-6,9H,1,3-4,7-8H2,2H3;/q2*-1;+2. The summed E-state index contributed by atoms with van der Waals surface area (Å²) in [4.78, 5) is 18.3. The Morgan fingerprint density at radius 1 is 0.821 bits per heavy atom. The first kappa shape index (κ1) is 42.3. The predicted molar refractivity (Wildman–Crippen MR) is 195 cm³/mol. The van der Waals surface area contributed by atoms with Gasteiger partial charge < -0.3 is 28.8 Å². The first-order valence-electron chi connectivity index (χ1n) is 16.4. The number of anilines is 2. The molecule has 17 nitrogen and oxygen atoms in total.